The number of aliphatic carboxylic acids is 1. The van der Waals surface area contributed by atoms with Crippen molar-refractivity contribution in [1.29, 1.82) is 0 Å². The molecule has 3 N–H and O–H groups in total. The van der Waals surface area contributed by atoms with E-state index in [1.807, 2.05) is 12.1 Å². The number of phenols is 1. The molecule has 196 valence electrons. The highest BCUT2D eigenvalue weighted by molar-refractivity contribution is 5.69. The summed E-state index contributed by atoms with van der Waals surface area (Å²) in [6.45, 7) is 4.43. The number of aromatic hydroxyl groups is 1. The fourth-order valence-electron chi connectivity index (χ4n) is 8.37. The summed E-state index contributed by atoms with van der Waals surface area (Å²) in [6, 6.07) is 6.08. The molecule has 0 bridgehead atoms. The summed E-state index contributed by atoms with van der Waals surface area (Å²) in [5, 5.41) is 30.3. The largest absolute Gasteiger partial charge is 0.508 e. The molecule has 3 aliphatic rings. The number of carbonyl (C=O) groups is 1. The number of aliphatic hydroxyl groups excluding tert-OH is 1. The van der Waals surface area contributed by atoms with Gasteiger partial charge in [0.15, 0.2) is 0 Å². The van der Waals surface area contributed by atoms with Crippen LogP contribution in [0.3, 0.4) is 0 Å². The molecule has 0 heterocycles. The molecule has 2 saturated carbocycles. The predicted octanol–water partition coefficient (Wildman–Crippen LogP) is 7.46. The number of fused-ring (bicyclic) bond motifs is 5. The maximum absolute atomic E-state index is 11.3. The van der Waals surface area contributed by atoms with E-state index >= 15 is 0 Å². The molecular formula is C31H48O4. The summed E-state index contributed by atoms with van der Waals surface area (Å²) in [4.78, 5) is 11.3. The first kappa shape index (κ1) is 26.5. The number of rotatable bonds is 12. The zero-order valence-electron chi connectivity index (χ0n) is 22.1. The van der Waals surface area contributed by atoms with E-state index in [1.54, 1.807) is 0 Å². The van der Waals surface area contributed by atoms with E-state index in [2.05, 4.69) is 19.9 Å². The first-order valence-electron chi connectivity index (χ1n) is 14.6. The molecule has 35 heavy (non-hydrogen) atoms. The van der Waals surface area contributed by atoms with E-state index in [4.69, 9.17) is 0 Å². The van der Waals surface area contributed by atoms with Gasteiger partial charge in [-0.3, -0.25) is 4.79 Å². The Balaban J connectivity index is 1.31. The van der Waals surface area contributed by atoms with Gasteiger partial charge in [0.05, 0.1) is 12.0 Å². The van der Waals surface area contributed by atoms with Gasteiger partial charge in [-0.25, -0.2) is 0 Å². The third-order valence-electron chi connectivity index (χ3n) is 10.1. The Kier molecular flexibility index (Phi) is 8.84. The summed E-state index contributed by atoms with van der Waals surface area (Å²) >= 11 is 0. The number of aryl methyl sites for hydroxylation is 1. The molecule has 0 amide bonds. The molecule has 0 saturated heterocycles. The molecule has 0 spiro atoms. The molecule has 2 fully saturated rings. The number of unbranched alkanes of at least 4 members (excludes halogenated alkanes) is 5. The predicted molar refractivity (Wildman–Crippen MR) is 141 cm³/mol. The lowest BCUT2D eigenvalue weighted by molar-refractivity contribution is -0.142. The number of aliphatic hydroxyl groups is 1. The number of phenolic OH excluding ortho intramolecular Hbond substituents is 1. The molecule has 1 aromatic carbocycles. The third-order valence-corrected chi connectivity index (χ3v) is 10.1. The Labute approximate surface area is 212 Å². The lowest BCUT2D eigenvalue weighted by atomic mass is 9.51. The second-order valence-electron chi connectivity index (χ2n) is 12.3. The monoisotopic (exact) mass is 484 g/mol. The topological polar surface area (TPSA) is 77.8 Å². The average molecular weight is 485 g/mol. The van der Waals surface area contributed by atoms with Crippen LogP contribution in [-0.2, 0) is 11.2 Å². The Morgan fingerprint density at radius 3 is 2.54 bits per heavy atom. The van der Waals surface area contributed by atoms with Gasteiger partial charge in [-0.15, -0.1) is 0 Å². The fraction of sp³-hybridized carbons (Fsp3) is 0.774. The van der Waals surface area contributed by atoms with E-state index in [0.717, 1.165) is 51.4 Å². The van der Waals surface area contributed by atoms with Crippen LogP contribution in [-0.4, -0.2) is 27.4 Å². The first-order valence-corrected chi connectivity index (χ1v) is 14.6. The van der Waals surface area contributed by atoms with Gasteiger partial charge in [-0.05, 0) is 104 Å². The van der Waals surface area contributed by atoms with E-state index < -0.39 is 5.97 Å². The van der Waals surface area contributed by atoms with Crippen molar-refractivity contribution in [2.75, 3.05) is 0 Å². The van der Waals surface area contributed by atoms with Gasteiger partial charge in [0.2, 0.25) is 0 Å². The summed E-state index contributed by atoms with van der Waals surface area (Å²) in [5.41, 5.74) is 2.90. The van der Waals surface area contributed by atoms with Crippen LogP contribution in [0.15, 0.2) is 18.2 Å². The van der Waals surface area contributed by atoms with Crippen LogP contribution < -0.4 is 0 Å². The lowest BCUT2D eigenvalue weighted by Crippen LogP contribution is -2.47. The molecule has 0 aromatic heterocycles. The van der Waals surface area contributed by atoms with Crippen LogP contribution in [0.2, 0.25) is 0 Å². The number of carboxylic acids is 1. The van der Waals surface area contributed by atoms with Crippen LogP contribution in [0.5, 0.6) is 5.75 Å². The second kappa shape index (κ2) is 11.7. The zero-order chi connectivity index (χ0) is 25.0. The van der Waals surface area contributed by atoms with E-state index in [9.17, 15) is 20.1 Å². The maximum Gasteiger partial charge on any atom is 0.306 e. The summed E-state index contributed by atoms with van der Waals surface area (Å²) < 4.78 is 0. The molecule has 3 aliphatic carbocycles. The van der Waals surface area contributed by atoms with Crippen molar-refractivity contribution in [3.63, 3.8) is 0 Å². The van der Waals surface area contributed by atoms with E-state index in [-0.39, 0.29) is 17.4 Å². The van der Waals surface area contributed by atoms with Gasteiger partial charge in [-0.2, -0.15) is 0 Å². The smallest absolute Gasteiger partial charge is 0.306 e. The van der Waals surface area contributed by atoms with E-state index in [0.29, 0.717) is 29.4 Å². The molecule has 4 rings (SSSR count). The van der Waals surface area contributed by atoms with Gasteiger partial charge < -0.3 is 15.3 Å². The Hall–Kier alpha value is -1.55. The number of hydrogen-bond acceptors (Lipinski definition) is 3. The molecule has 4 heteroatoms. The quantitative estimate of drug-likeness (QED) is 0.269. The highest BCUT2D eigenvalue weighted by Crippen LogP contribution is 2.63. The minimum absolute atomic E-state index is 0.0689. The summed E-state index contributed by atoms with van der Waals surface area (Å²) in [6.07, 6.45) is 16.3. The van der Waals surface area contributed by atoms with Crippen LogP contribution in [0.1, 0.15) is 121 Å². The zero-order valence-corrected chi connectivity index (χ0v) is 22.1. The van der Waals surface area contributed by atoms with Crippen LogP contribution in [0.4, 0.5) is 0 Å². The van der Waals surface area contributed by atoms with Gasteiger partial charge in [-0.1, -0.05) is 64.9 Å². The van der Waals surface area contributed by atoms with Crippen LogP contribution in [0, 0.1) is 29.1 Å². The van der Waals surface area contributed by atoms with Crippen molar-refractivity contribution in [2.24, 2.45) is 29.1 Å². The highest BCUT2D eigenvalue weighted by atomic mass is 16.4. The molecule has 4 nitrogen and oxygen atoms in total. The van der Waals surface area contributed by atoms with Crippen molar-refractivity contribution in [2.45, 2.75) is 122 Å². The fourth-order valence-corrected chi connectivity index (χ4v) is 8.37. The number of hydrogen-bond donors (Lipinski definition) is 3. The van der Waals surface area contributed by atoms with Gasteiger partial charge in [0.25, 0.3) is 0 Å². The van der Waals surface area contributed by atoms with Gasteiger partial charge in [0, 0.05) is 0 Å². The van der Waals surface area contributed by atoms with Gasteiger partial charge in [0.1, 0.15) is 5.75 Å². The second-order valence-corrected chi connectivity index (χ2v) is 12.3. The lowest BCUT2D eigenvalue weighted by Gasteiger charge is -2.54. The molecule has 7 unspecified atom stereocenters. The van der Waals surface area contributed by atoms with Gasteiger partial charge >= 0.3 is 5.97 Å². The summed E-state index contributed by atoms with van der Waals surface area (Å²) in [5.74, 6) is 2.09. The number of carboxylic acid groups (broad SMARTS) is 1. The Bertz CT molecular complexity index is 850. The Morgan fingerprint density at radius 2 is 1.80 bits per heavy atom. The highest BCUT2D eigenvalue weighted by Gasteiger charge is 2.57. The minimum atomic E-state index is -0.625. The third kappa shape index (κ3) is 5.73. The van der Waals surface area contributed by atoms with Crippen LogP contribution in [0.25, 0.3) is 0 Å². The van der Waals surface area contributed by atoms with Crippen molar-refractivity contribution in [3.8, 4) is 5.75 Å². The normalized spacial score (nSPS) is 32.5. The summed E-state index contributed by atoms with van der Waals surface area (Å²) in [7, 11) is 0. The first-order chi connectivity index (χ1) is 16.8. The molecule has 0 aliphatic heterocycles. The minimum Gasteiger partial charge on any atom is -0.508 e. The maximum atomic E-state index is 11.3. The molecule has 0 radical (unpaired) electrons. The Morgan fingerprint density at radius 1 is 1.06 bits per heavy atom. The van der Waals surface area contributed by atoms with Crippen molar-refractivity contribution in [1.82, 2.24) is 0 Å². The van der Waals surface area contributed by atoms with Crippen molar-refractivity contribution >= 4 is 5.97 Å². The number of benzene rings is 1. The van der Waals surface area contributed by atoms with Crippen molar-refractivity contribution in [3.05, 3.63) is 29.3 Å². The SMILES string of the molecule is CCCC(CCCCCCCCC1CC2(C)C(O)CCC2C2CCc3cc(O)ccc3C12)C(=O)O. The molecular weight excluding hydrogens is 436 g/mol. The average Bonchev–Trinajstić information content (AvgIpc) is 3.13. The standard InChI is InChI=1S/C31H48O4/c1-3-10-21(30(34)35)11-8-6-4-5-7-9-12-23-20-31(2)27(17-18-28(31)33)26-15-13-22-19-24(32)14-16-25(22)29(23)26/h14,16,19,21,23,26-29,32-33H,3-13,15,17-18,20H2,1-2H3,(H,34,35). The van der Waals surface area contributed by atoms with Crippen LogP contribution >= 0.6 is 0 Å². The van der Waals surface area contributed by atoms with Crippen molar-refractivity contribution < 1.29 is 20.1 Å². The van der Waals surface area contributed by atoms with E-state index in [1.165, 1.54) is 56.1 Å². The molecule has 7 atom stereocenters. The molecule has 1 aromatic rings.